The number of ether oxygens (including phenoxy) is 1. The molecule has 2 N–H and O–H groups in total. The Bertz CT molecular complexity index is 347. The molecule has 4 nitrogen and oxygen atoms in total. The predicted octanol–water partition coefficient (Wildman–Crippen LogP) is 1.87. The maximum absolute atomic E-state index is 9.73. The molecule has 3 unspecified atom stereocenters. The van der Waals surface area contributed by atoms with Gasteiger partial charge >= 0.3 is 0 Å². The van der Waals surface area contributed by atoms with Crippen molar-refractivity contribution in [1.29, 1.82) is 0 Å². The van der Waals surface area contributed by atoms with Gasteiger partial charge in [0.25, 0.3) is 0 Å². The number of likely N-dealkylation sites (tertiary alicyclic amines) is 1. The summed E-state index contributed by atoms with van der Waals surface area (Å²) in [5.74, 6) is 0.964. The number of nitrogens with one attached hydrogen (secondary N) is 1. The van der Waals surface area contributed by atoms with Crippen LogP contribution in [0.5, 0.6) is 0 Å². The zero-order valence-corrected chi connectivity index (χ0v) is 14.6. The fourth-order valence-electron chi connectivity index (χ4n) is 4.47. The number of piperidine rings is 1. The van der Waals surface area contributed by atoms with Crippen LogP contribution in [0.1, 0.15) is 47.5 Å². The highest BCUT2D eigenvalue weighted by Crippen LogP contribution is 2.42. The molecule has 124 valence electrons. The van der Waals surface area contributed by atoms with Crippen LogP contribution in [0.4, 0.5) is 0 Å². The molecule has 2 saturated heterocycles. The Morgan fingerprint density at radius 2 is 1.76 bits per heavy atom. The third-order valence-corrected chi connectivity index (χ3v) is 5.65. The lowest BCUT2D eigenvalue weighted by atomic mass is 9.81. The maximum atomic E-state index is 9.73. The Morgan fingerprint density at radius 1 is 1.19 bits per heavy atom. The molecular formula is C17H34N2O2. The Balaban J connectivity index is 1.98. The minimum absolute atomic E-state index is 0.0989. The number of hydrogen-bond acceptors (Lipinski definition) is 4. The second kappa shape index (κ2) is 6.15. The molecule has 0 saturated carbocycles. The molecule has 0 aromatic carbocycles. The minimum Gasteiger partial charge on any atom is -0.393 e. The lowest BCUT2D eigenvalue weighted by Gasteiger charge is -2.38. The fraction of sp³-hybridized carbons (Fsp3) is 1.00. The zero-order chi connectivity index (χ0) is 15.8. The van der Waals surface area contributed by atoms with Crippen molar-refractivity contribution in [2.24, 2.45) is 11.8 Å². The van der Waals surface area contributed by atoms with Crippen molar-refractivity contribution >= 4 is 0 Å². The Kier molecular flexibility index (Phi) is 5.04. The maximum Gasteiger partial charge on any atom is 0.0790 e. The van der Waals surface area contributed by atoms with Crippen LogP contribution in [0.15, 0.2) is 0 Å². The van der Waals surface area contributed by atoms with Gasteiger partial charge in [0.1, 0.15) is 0 Å². The smallest absolute Gasteiger partial charge is 0.0790 e. The van der Waals surface area contributed by atoms with Crippen LogP contribution < -0.4 is 5.32 Å². The average molecular weight is 298 g/mol. The first-order valence-corrected chi connectivity index (χ1v) is 8.45. The van der Waals surface area contributed by atoms with Gasteiger partial charge in [-0.1, -0.05) is 0 Å². The van der Waals surface area contributed by atoms with Crippen LogP contribution in [0.25, 0.3) is 0 Å². The first-order valence-electron chi connectivity index (χ1n) is 8.45. The zero-order valence-electron chi connectivity index (χ0n) is 14.6. The van der Waals surface area contributed by atoms with E-state index in [2.05, 4.69) is 37.9 Å². The Labute approximate surface area is 130 Å². The molecule has 2 aliphatic heterocycles. The molecule has 2 aliphatic rings. The van der Waals surface area contributed by atoms with E-state index in [1.807, 2.05) is 14.0 Å². The largest absolute Gasteiger partial charge is 0.393 e. The van der Waals surface area contributed by atoms with E-state index in [-0.39, 0.29) is 17.3 Å². The van der Waals surface area contributed by atoms with Crippen LogP contribution >= 0.6 is 0 Å². The van der Waals surface area contributed by atoms with Gasteiger partial charge in [-0.15, -0.1) is 0 Å². The molecule has 0 aromatic rings. The van der Waals surface area contributed by atoms with Gasteiger partial charge in [0.2, 0.25) is 0 Å². The van der Waals surface area contributed by atoms with Crippen molar-refractivity contribution in [3.8, 4) is 0 Å². The van der Waals surface area contributed by atoms with Crippen molar-refractivity contribution in [1.82, 2.24) is 10.2 Å². The van der Waals surface area contributed by atoms with E-state index in [1.54, 1.807) is 0 Å². The highest BCUT2D eigenvalue weighted by Gasteiger charge is 2.53. The summed E-state index contributed by atoms with van der Waals surface area (Å²) in [5.41, 5.74) is -0.223. The van der Waals surface area contributed by atoms with E-state index in [9.17, 15) is 5.11 Å². The molecule has 4 heteroatoms. The second-order valence-corrected chi connectivity index (χ2v) is 8.06. The second-order valence-electron chi connectivity index (χ2n) is 8.06. The summed E-state index contributed by atoms with van der Waals surface area (Å²) in [6.45, 7) is 14.0. The molecule has 3 atom stereocenters. The number of likely N-dealkylation sites (N-methyl/N-ethyl adjacent to an activating group) is 1. The molecule has 0 aliphatic carbocycles. The van der Waals surface area contributed by atoms with Gasteiger partial charge in [-0.2, -0.15) is 0 Å². The number of aliphatic hydroxyl groups excluding tert-OH is 1. The first kappa shape index (κ1) is 17.2. The Hall–Kier alpha value is -0.160. The molecular weight excluding hydrogens is 264 g/mol. The van der Waals surface area contributed by atoms with Crippen LogP contribution in [0.2, 0.25) is 0 Å². The number of rotatable bonds is 4. The van der Waals surface area contributed by atoms with Gasteiger partial charge < -0.3 is 20.1 Å². The third kappa shape index (κ3) is 3.61. The highest BCUT2D eigenvalue weighted by atomic mass is 16.5. The normalized spacial score (nSPS) is 35.0. The topological polar surface area (TPSA) is 44.7 Å². The summed E-state index contributed by atoms with van der Waals surface area (Å²) in [6.07, 6.45) is 2.06. The van der Waals surface area contributed by atoms with E-state index in [4.69, 9.17) is 4.74 Å². The number of aliphatic hydroxyl groups is 1. The summed E-state index contributed by atoms with van der Waals surface area (Å²) < 4.78 is 6.32. The molecule has 2 heterocycles. The lowest BCUT2D eigenvalue weighted by molar-refractivity contribution is -0.0801. The molecule has 0 aromatic heterocycles. The summed E-state index contributed by atoms with van der Waals surface area (Å²) in [4.78, 5) is 2.56. The molecule has 0 bridgehead atoms. The van der Waals surface area contributed by atoms with Crippen molar-refractivity contribution in [3.63, 3.8) is 0 Å². The van der Waals surface area contributed by atoms with Crippen molar-refractivity contribution in [3.05, 3.63) is 0 Å². The van der Waals surface area contributed by atoms with E-state index in [0.717, 1.165) is 32.5 Å². The molecule has 21 heavy (non-hydrogen) atoms. The summed E-state index contributed by atoms with van der Waals surface area (Å²) in [5, 5.41) is 13.2. The van der Waals surface area contributed by atoms with Crippen molar-refractivity contribution in [2.45, 2.75) is 70.8 Å². The number of nitrogens with zero attached hydrogens (tertiary/aromatic N) is 1. The van der Waals surface area contributed by atoms with Crippen LogP contribution in [-0.2, 0) is 4.74 Å². The SMILES string of the molecule is CNC1C(CN2CCC(C(C)O)CC2)C(C)(C)OC1(C)C. The molecule has 2 rings (SSSR count). The van der Waals surface area contributed by atoms with E-state index < -0.39 is 0 Å². The van der Waals surface area contributed by atoms with E-state index >= 15 is 0 Å². The monoisotopic (exact) mass is 298 g/mol. The van der Waals surface area contributed by atoms with E-state index in [1.165, 1.54) is 0 Å². The third-order valence-electron chi connectivity index (χ3n) is 5.65. The summed E-state index contributed by atoms with van der Waals surface area (Å²) >= 11 is 0. The van der Waals surface area contributed by atoms with Gasteiger partial charge in [-0.25, -0.2) is 0 Å². The van der Waals surface area contributed by atoms with Crippen LogP contribution in [-0.4, -0.2) is 60.0 Å². The van der Waals surface area contributed by atoms with Crippen molar-refractivity contribution in [2.75, 3.05) is 26.7 Å². The fourth-order valence-corrected chi connectivity index (χ4v) is 4.47. The average Bonchev–Trinajstić information content (AvgIpc) is 2.54. The summed E-state index contributed by atoms with van der Waals surface area (Å²) in [7, 11) is 2.05. The van der Waals surface area contributed by atoms with Crippen molar-refractivity contribution < 1.29 is 9.84 Å². The lowest BCUT2D eigenvalue weighted by Crippen LogP contribution is -2.51. The highest BCUT2D eigenvalue weighted by molar-refractivity contribution is 5.05. The summed E-state index contributed by atoms with van der Waals surface area (Å²) in [6, 6.07) is 0.377. The van der Waals surface area contributed by atoms with Gasteiger partial charge in [0, 0.05) is 18.5 Å². The number of hydrogen-bond donors (Lipinski definition) is 2. The quantitative estimate of drug-likeness (QED) is 0.832. The van der Waals surface area contributed by atoms with Crippen LogP contribution in [0.3, 0.4) is 0 Å². The minimum atomic E-state index is -0.164. The molecule has 0 amide bonds. The molecule has 0 radical (unpaired) electrons. The molecule has 0 spiro atoms. The van der Waals surface area contributed by atoms with Gasteiger partial charge in [-0.3, -0.25) is 0 Å². The van der Waals surface area contributed by atoms with Gasteiger partial charge in [0.05, 0.1) is 17.3 Å². The first-order chi connectivity index (χ1) is 9.67. The predicted molar refractivity (Wildman–Crippen MR) is 86.4 cm³/mol. The molecule has 2 fully saturated rings. The van der Waals surface area contributed by atoms with Gasteiger partial charge in [-0.05, 0) is 73.5 Å². The van der Waals surface area contributed by atoms with Crippen LogP contribution in [0, 0.1) is 11.8 Å². The Morgan fingerprint density at radius 3 is 2.24 bits per heavy atom. The standard InChI is InChI=1S/C17H34N2O2/c1-12(20)13-7-9-19(10-8-13)11-14-15(18-6)17(4,5)21-16(14,2)3/h12-15,18,20H,7-11H2,1-6H3. The van der Waals surface area contributed by atoms with E-state index in [0.29, 0.717) is 17.9 Å². The van der Waals surface area contributed by atoms with Gasteiger partial charge in [0.15, 0.2) is 0 Å².